The van der Waals surface area contributed by atoms with Gasteiger partial charge in [-0.25, -0.2) is 4.68 Å². The largest absolute Gasteiger partial charge is 0.356 e. The highest BCUT2D eigenvalue weighted by atomic mass is 16.1. The van der Waals surface area contributed by atoms with Crippen LogP contribution in [0.4, 0.5) is 0 Å². The van der Waals surface area contributed by atoms with E-state index < -0.39 is 0 Å². The number of aryl methyl sites for hydroxylation is 1. The average molecular weight is 249 g/mol. The highest BCUT2D eigenvalue weighted by Crippen LogP contribution is 1.94. The minimum absolute atomic E-state index is 0.0441. The molecule has 2 N–H and O–H groups in total. The first-order chi connectivity index (χ1) is 8.84. The molecule has 0 unspecified atom stereocenters. The number of aromatic nitrogens is 6. The molecule has 18 heavy (non-hydrogen) atoms. The fourth-order valence-corrected chi connectivity index (χ4v) is 1.53. The Kier molecular flexibility index (Phi) is 4.39. The molecule has 0 saturated heterocycles. The highest BCUT2D eigenvalue weighted by molar-refractivity contribution is 5.75. The number of hydrogen-bond acceptors (Lipinski definition) is 5. The molecule has 2 aromatic rings. The van der Waals surface area contributed by atoms with Crippen molar-refractivity contribution in [3.63, 3.8) is 0 Å². The summed E-state index contributed by atoms with van der Waals surface area (Å²) in [4.78, 5) is 11.5. The number of amides is 1. The van der Waals surface area contributed by atoms with Crippen LogP contribution in [0.3, 0.4) is 0 Å². The molecule has 2 heterocycles. The zero-order chi connectivity index (χ0) is 12.6. The maximum atomic E-state index is 11.5. The van der Waals surface area contributed by atoms with Gasteiger partial charge in [-0.2, -0.15) is 5.10 Å². The van der Waals surface area contributed by atoms with E-state index in [0.717, 1.165) is 18.5 Å². The van der Waals surface area contributed by atoms with Gasteiger partial charge in [-0.3, -0.25) is 9.89 Å². The molecule has 8 heteroatoms. The van der Waals surface area contributed by atoms with Gasteiger partial charge in [0.15, 0.2) is 0 Å². The van der Waals surface area contributed by atoms with Crippen LogP contribution >= 0.6 is 0 Å². The van der Waals surface area contributed by atoms with Gasteiger partial charge in [-0.15, -0.1) is 5.10 Å². The first-order valence-corrected chi connectivity index (χ1v) is 5.80. The van der Waals surface area contributed by atoms with Crippen LogP contribution in [0.25, 0.3) is 0 Å². The zero-order valence-corrected chi connectivity index (χ0v) is 9.91. The lowest BCUT2D eigenvalue weighted by Crippen LogP contribution is -2.25. The normalized spacial score (nSPS) is 10.4. The first kappa shape index (κ1) is 12.2. The molecular formula is C10H15N7O. The van der Waals surface area contributed by atoms with Crippen LogP contribution < -0.4 is 5.32 Å². The van der Waals surface area contributed by atoms with Crippen molar-refractivity contribution >= 4 is 5.91 Å². The summed E-state index contributed by atoms with van der Waals surface area (Å²) in [5.74, 6) is 0.0441. The fourth-order valence-electron chi connectivity index (χ4n) is 1.53. The maximum absolute atomic E-state index is 11.5. The van der Waals surface area contributed by atoms with E-state index >= 15 is 0 Å². The lowest BCUT2D eigenvalue weighted by Gasteiger charge is -2.03. The SMILES string of the molecule is O=C(CCCn1cnnn1)NCCc1ccn[nH]1. The van der Waals surface area contributed by atoms with Gasteiger partial charge in [-0.05, 0) is 22.9 Å². The summed E-state index contributed by atoms with van der Waals surface area (Å²) in [6.07, 6.45) is 5.20. The second-order valence-electron chi connectivity index (χ2n) is 3.86. The Balaban J connectivity index is 1.55. The predicted molar refractivity (Wildman–Crippen MR) is 62.4 cm³/mol. The molecule has 0 saturated carbocycles. The topological polar surface area (TPSA) is 101 Å². The molecule has 0 bridgehead atoms. The third kappa shape index (κ3) is 3.96. The minimum atomic E-state index is 0.0441. The molecule has 1 amide bonds. The molecule has 0 atom stereocenters. The van der Waals surface area contributed by atoms with Gasteiger partial charge in [0.1, 0.15) is 6.33 Å². The molecule has 0 aromatic carbocycles. The Morgan fingerprint density at radius 2 is 2.44 bits per heavy atom. The number of nitrogens with one attached hydrogen (secondary N) is 2. The lowest BCUT2D eigenvalue weighted by atomic mass is 10.2. The Morgan fingerprint density at radius 3 is 3.17 bits per heavy atom. The van der Waals surface area contributed by atoms with E-state index in [1.54, 1.807) is 10.9 Å². The predicted octanol–water partition coefficient (Wildman–Crippen LogP) is -0.465. The molecule has 96 valence electrons. The average Bonchev–Trinajstić information content (AvgIpc) is 3.01. The number of nitrogens with zero attached hydrogens (tertiary/aromatic N) is 5. The molecule has 0 aliphatic carbocycles. The van der Waals surface area contributed by atoms with Crippen molar-refractivity contribution in [3.05, 3.63) is 24.3 Å². The van der Waals surface area contributed by atoms with Crippen LogP contribution in [-0.4, -0.2) is 42.9 Å². The summed E-state index contributed by atoms with van der Waals surface area (Å²) in [5.41, 5.74) is 1.02. The van der Waals surface area contributed by atoms with E-state index in [1.807, 2.05) is 6.07 Å². The van der Waals surface area contributed by atoms with Crippen molar-refractivity contribution < 1.29 is 4.79 Å². The Hall–Kier alpha value is -2.25. The van der Waals surface area contributed by atoms with Crippen LogP contribution in [0.5, 0.6) is 0 Å². The van der Waals surface area contributed by atoms with Gasteiger partial charge >= 0.3 is 0 Å². The third-order valence-corrected chi connectivity index (χ3v) is 2.46. The summed E-state index contributed by atoms with van der Waals surface area (Å²) in [7, 11) is 0. The summed E-state index contributed by atoms with van der Waals surface area (Å²) in [5, 5.41) is 20.3. The monoisotopic (exact) mass is 249 g/mol. The van der Waals surface area contributed by atoms with Gasteiger partial charge in [0.05, 0.1) is 0 Å². The van der Waals surface area contributed by atoms with E-state index in [-0.39, 0.29) is 5.91 Å². The smallest absolute Gasteiger partial charge is 0.220 e. The minimum Gasteiger partial charge on any atom is -0.356 e. The molecule has 0 aliphatic rings. The number of carbonyl (C=O) groups excluding carboxylic acids is 1. The summed E-state index contributed by atoms with van der Waals surface area (Å²) >= 11 is 0. The van der Waals surface area contributed by atoms with Crippen molar-refractivity contribution in [2.45, 2.75) is 25.8 Å². The Labute approximate surface area is 104 Å². The number of hydrogen-bond donors (Lipinski definition) is 2. The molecule has 0 aliphatic heterocycles. The third-order valence-electron chi connectivity index (χ3n) is 2.46. The van der Waals surface area contributed by atoms with E-state index in [0.29, 0.717) is 19.5 Å². The molecule has 0 fully saturated rings. The van der Waals surface area contributed by atoms with E-state index in [2.05, 4.69) is 31.0 Å². The molecule has 0 spiro atoms. The van der Waals surface area contributed by atoms with Crippen molar-refractivity contribution in [2.75, 3.05) is 6.54 Å². The first-order valence-electron chi connectivity index (χ1n) is 5.80. The molecular weight excluding hydrogens is 234 g/mol. The van der Waals surface area contributed by atoms with E-state index in [1.165, 1.54) is 6.33 Å². The molecule has 2 aromatic heterocycles. The van der Waals surface area contributed by atoms with E-state index in [4.69, 9.17) is 0 Å². The second kappa shape index (κ2) is 6.48. The summed E-state index contributed by atoms with van der Waals surface area (Å²) < 4.78 is 1.61. The van der Waals surface area contributed by atoms with Crippen molar-refractivity contribution in [3.8, 4) is 0 Å². The highest BCUT2D eigenvalue weighted by Gasteiger charge is 2.02. The number of aromatic amines is 1. The number of tetrazole rings is 1. The molecule has 2 rings (SSSR count). The number of rotatable bonds is 7. The summed E-state index contributed by atoms with van der Waals surface area (Å²) in [6, 6.07) is 1.89. The Bertz CT molecular complexity index is 408. The fraction of sp³-hybridized carbons (Fsp3) is 0.500. The standard InChI is InChI=1S/C10H15N7O/c18-10(2-1-7-17-8-13-15-16-17)11-5-3-9-4-6-12-14-9/h4,6,8H,1-3,5,7H2,(H,11,18)(H,12,14). The number of H-pyrrole nitrogens is 1. The van der Waals surface area contributed by atoms with Crippen molar-refractivity contribution in [2.24, 2.45) is 0 Å². The van der Waals surface area contributed by atoms with Crippen LogP contribution in [0.1, 0.15) is 18.5 Å². The van der Waals surface area contributed by atoms with Crippen LogP contribution in [-0.2, 0) is 17.8 Å². The molecule has 0 radical (unpaired) electrons. The zero-order valence-electron chi connectivity index (χ0n) is 9.91. The van der Waals surface area contributed by atoms with Gasteiger partial charge in [0, 0.05) is 37.8 Å². The second-order valence-corrected chi connectivity index (χ2v) is 3.86. The maximum Gasteiger partial charge on any atom is 0.220 e. The number of carbonyl (C=O) groups is 1. The van der Waals surface area contributed by atoms with Gasteiger partial charge < -0.3 is 5.32 Å². The van der Waals surface area contributed by atoms with Crippen LogP contribution in [0.15, 0.2) is 18.6 Å². The van der Waals surface area contributed by atoms with Crippen molar-refractivity contribution in [1.82, 2.24) is 35.7 Å². The molecule has 8 nitrogen and oxygen atoms in total. The lowest BCUT2D eigenvalue weighted by molar-refractivity contribution is -0.121. The van der Waals surface area contributed by atoms with Gasteiger partial charge in [0.25, 0.3) is 0 Å². The van der Waals surface area contributed by atoms with Gasteiger partial charge in [0.2, 0.25) is 5.91 Å². The summed E-state index contributed by atoms with van der Waals surface area (Å²) in [6.45, 7) is 1.27. The van der Waals surface area contributed by atoms with E-state index in [9.17, 15) is 4.79 Å². The van der Waals surface area contributed by atoms with Crippen LogP contribution in [0.2, 0.25) is 0 Å². The van der Waals surface area contributed by atoms with Gasteiger partial charge in [-0.1, -0.05) is 0 Å². The quantitative estimate of drug-likeness (QED) is 0.691. The van der Waals surface area contributed by atoms with Crippen molar-refractivity contribution in [1.29, 1.82) is 0 Å². The Morgan fingerprint density at radius 1 is 1.50 bits per heavy atom. The van der Waals surface area contributed by atoms with Crippen LogP contribution in [0, 0.1) is 0 Å².